The summed E-state index contributed by atoms with van der Waals surface area (Å²) in [6, 6.07) is 2.73. The fourth-order valence-electron chi connectivity index (χ4n) is 1.94. The maximum absolute atomic E-state index is 14.0. The molecule has 7 heteroatoms. The van der Waals surface area contributed by atoms with Gasteiger partial charge in [-0.1, -0.05) is 12.2 Å². The molecule has 2 rings (SSSR count). The topological polar surface area (TPSA) is 49.6 Å². The summed E-state index contributed by atoms with van der Waals surface area (Å²) in [6.07, 6.45) is 0. The number of amides is 1. The molecule has 0 aromatic heterocycles. The summed E-state index contributed by atoms with van der Waals surface area (Å²) in [5.74, 6) is -2.23. The van der Waals surface area contributed by atoms with Gasteiger partial charge in [-0.2, -0.15) is 0 Å². The SMILES string of the molecule is CN1CCN(c2ccc(C(N)=S)c(F)c2F)CC1=O. The maximum atomic E-state index is 14.0. The zero-order valence-corrected chi connectivity index (χ0v) is 11.1. The van der Waals surface area contributed by atoms with Crippen molar-refractivity contribution in [3.05, 3.63) is 29.3 Å². The van der Waals surface area contributed by atoms with E-state index in [1.807, 2.05) is 0 Å². The van der Waals surface area contributed by atoms with Gasteiger partial charge < -0.3 is 15.5 Å². The molecule has 102 valence electrons. The van der Waals surface area contributed by atoms with Crippen molar-refractivity contribution in [1.29, 1.82) is 0 Å². The Morgan fingerprint density at radius 1 is 1.32 bits per heavy atom. The van der Waals surface area contributed by atoms with E-state index < -0.39 is 11.6 Å². The first-order valence-corrected chi connectivity index (χ1v) is 6.09. The first-order chi connectivity index (χ1) is 8.91. The largest absolute Gasteiger partial charge is 0.389 e. The third-order valence-corrected chi connectivity index (χ3v) is 3.35. The van der Waals surface area contributed by atoms with Gasteiger partial charge in [0.1, 0.15) is 4.99 Å². The third kappa shape index (κ3) is 2.51. The lowest BCUT2D eigenvalue weighted by molar-refractivity contribution is -0.129. The number of halogens is 2. The normalized spacial score (nSPS) is 15.8. The molecule has 0 atom stereocenters. The smallest absolute Gasteiger partial charge is 0.241 e. The van der Waals surface area contributed by atoms with E-state index in [0.29, 0.717) is 13.1 Å². The molecule has 0 bridgehead atoms. The first kappa shape index (κ1) is 13.7. The Hall–Kier alpha value is -1.76. The van der Waals surface area contributed by atoms with Crippen molar-refractivity contribution in [2.45, 2.75) is 0 Å². The number of nitrogens with zero attached hydrogens (tertiary/aromatic N) is 2. The highest BCUT2D eigenvalue weighted by Gasteiger charge is 2.25. The molecule has 0 saturated carbocycles. The number of nitrogens with two attached hydrogens (primary N) is 1. The molecule has 2 N–H and O–H groups in total. The second-order valence-corrected chi connectivity index (χ2v) is 4.80. The molecule has 4 nitrogen and oxygen atoms in total. The van der Waals surface area contributed by atoms with Gasteiger partial charge >= 0.3 is 0 Å². The van der Waals surface area contributed by atoms with E-state index in [9.17, 15) is 13.6 Å². The molecular weight excluding hydrogens is 272 g/mol. The van der Waals surface area contributed by atoms with E-state index in [1.54, 1.807) is 11.9 Å². The molecule has 1 heterocycles. The van der Waals surface area contributed by atoms with Crippen LogP contribution in [0.4, 0.5) is 14.5 Å². The van der Waals surface area contributed by atoms with Gasteiger partial charge in [-0.25, -0.2) is 8.78 Å². The number of likely N-dealkylation sites (N-methyl/N-ethyl adjacent to an activating group) is 1. The average Bonchev–Trinajstić information content (AvgIpc) is 2.36. The number of carbonyl (C=O) groups is 1. The van der Waals surface area contributed by atoms with Crippen LogP contribution in [0.2, 0.25) is 0 Å². The molecule has 0 spiro atoms. The van der Waals surface area contributed by atoms with Gasteiger partial charge in [0.15, 0.2) is 11.6 Å². The molecular formula is C12H13F2N3OS. The molecule has 1 aliphatic heterocycles. The van der Waals surface area contributed by atoms with Gasteiger partial charge in [0.25, 0.3) is 0 Å². The highest BCUT2D eigenvalue weighted by atomic mass is 32.1. The Balaban J connectivity index is 2.34. The van der Waals surface area contributed by atoms with Crippen molar-refractivity contribution in [2.24, 2.45) is 5.73 Å². The third-order valence-electron chi connectivity index (χ3n) is 3.13. The number of benzene rings is 1. The van der Waals surface area contributed by atoms with E-state index in [0.717, 1.165) is 0 Å². The lowest BCUT2D eigenvalue weighted by Gasteiger charge is -2.33. The minimum absolute atomic E-state index is 0.0271. The van der Waals surface area contributed by atoms with Crippen LogP contribution in [0.1, 0.15) is 5.56 Å². The van der Waals surface area contributed by atoms with Crippen molar-refractivity contribution >= 4 is 28.8 Å². The van der Waals surface area contributed by atoms with E-state index >= 15 is 0 Å². The number of hydrogen-bond donors (Lipinski definition) is 1. The Morgan fingerprint density at radius 2 is 2.00 bits per heavy atom. The van der Waals surface area contributed by atoms with Crippen LogP contribution in [0.5, 0.6) is 0 Å². The molecule has 1 aromatic carbocycles. The van der Waals surface area contributed by atoms with Gasteiger partial charge in [0.2, 0.25) is 5.91 Å². The van der Waals surface area contributed by atoms with Crippen LogP contribution in [-0.2, 0) is 4.79 Å². The maximum Gasteiger partial charge on any atom is 0.241 e. The minimum Gasteiger partial charge on any atom is -0.389 e. The van der Waals surface area contributed by atoms with Gasteiger partial charge in [-0.05, 0) is 12.1 Å². The van der Waals surface area contributed by atoms with E-state index in [2.05, 4.69) is 12.2 Å². The number of carbonyl (C=O) groups excluding carboxylic acids is 1. The molecule has 1 fully saturated rings. The Labute approximate surface area is 114 Å². The fourth-order valence-corrected chi connectivity index (χ4v) is 2.10. The van der Waals surface area contributed by atoms with Crippen LogP contribution < -0.4 is 10.6 Å². The summed E-state index contributed by atoms with van der Waals surface area (Å²) in [5.41, 5.74) is 5.23. The highest BCUT2D eigenvalue weighted by molar-refractivity contribution is 7.80. The van der Waals surface area contributed by atoms with Crippen molar-refractivity contribution in [3.8, 4) is 0 Å². The van der Waals surface area contributed by atoms with Crippen LogP contribution in [-0.4, -0.2) is 42.5 Å². The number of piperazine rings is 1. The van der Waals surface area contributed by atoms with E-state index in [1.165, 1.54) is 17.0 Å². The van der Waals surface area contributed by atoms with E-state index in [4.69, 9.17) is 5.73 Å². The highest BCUT2D eigenvalue weighted by Crippen LogP contribution is 2.25. The Bertz CT molecular complexity index is 550. The van der Waals surface area contributed by atoms with Gasteiger partial charge in [-0.3, -0.25) is 4.79 Å². The number of thiocarbonyl (C=S) groups is 1. The van der Waals surface area contributed by atoms with Gasteiger partial charge in [0, 0.05) is 25.7 Å². The summed E-state index contributed by atoms with van der Waals surface area (Å²) in [6.45, 7) is 0.946. The van der Waals surface area contributed by atoms with Crippen molar-refractivity contribution in [1.82, 2.24) is 4.90 Å². The van der Waals surface area contributed by atoms with Crippen molar-refractivity contribution in [3.63, 3.8) is 0 Å². The average molecular weight is 285 g/mol. The van der Waals surface area contributed by atoms with Crippen LogP contribution >= 0.6 is 12.2 Å². The quantitative estimate of drug-likeness (QED) is 0.820. The predicted molar refractivity (Wildman–Crippen MR) is 72.1 cm³/mol. The molecule has 1 saturated heterocycles. The van der Waals surface area contributed by atoms with Gasteiger partial charge in [0.05, 0.1) is 12.2 Å². The number of anilines is 1. The second kappa shape index (κ2) is 5.08. The Morgan fingerprint density at radius 3 is 2.58 bits per heavy atom. The minimum atomic E-state index is -1.07. The van der Waals surface area contributed by atoms with Gasteiger partial charge in [-0.15, -0.1) is 0 Å². The Kier molecular flexibility index (Phi) is 3.66. The summed E-state index contributed by atoms with van der Waals surface area (Å²) in [5, 5.41) is 0. The fraction of sp³-hybridized carbons (Fsp3) is 0.333. The summed E-state index contributed by atoms with van der Waals surface area (Å²) >= 11 is 4.64. The number of hydrogen-bond acceptors (Lipinski definition) is 3. The molecule has 0 aliphatic carbocycles. The van der Waals surface area contributed by atoms with Crippen LogP contribution in [0.15, 0.2) is 12.1 Å². The zero-order valence-electron chi connectivity index (χ0n) is 10.3. The summed E-state index contributed by atoms with van der Waals surface area (Å²) in [4.78, 5) is 14.4. The molecule has 19 heavy (non-hydrogen) atoms. The van der Waals surface area contributed by atoms with Crippen LogP contribution in [0.25, 0.3) is 0 Å². The predicted octanol–water partition coefficient (Wildman–Crippen LogP) is 0.877. The van der Waals surface area contributed by atoms with Crippen LogP contribution in [0.3, 0.4) is 0 Å². The molecule has 1 amide bonds. The van der Waals surface area contributed by atoms with Crippen molar-refractivity contribution < 1.29 is 13.6 Å². The summed E-state index contributed by atoms with van der Waals surface area (Å²) in [7, 11) is 1.67. The van der Waals surface area contributed by atoms with Crippen molar-refractivity contribution in [2.75, 3.05) is 31.6 Å². The summed E-state index contributed by atoms with van der Waals surface area (Å²) < 4.78 is 27.8. The molecule has 1 aliphatic rings. The first-order valence-electron chi connectivity index (χ1n) is 5.68. The lowest BCUT2D eigenvalue weighted by atomic mass is 10.1. The monoisotopic (exact) mass is 285 g/mol. The molecule has 0 unspecified atom stereocenters. The van der Waals surface area contributed by atoms with E-state index in [-0.39, 0.29) is 28.7 Å². The second-order valence-electron chi connectivity index (χ2n) is 4.36. The lowest BCUT2D eigenvalue weighted by Crippen LogP contribution is -2.48. The number of rotatable bonds is 2. The molecule has 0 radical (unpaired) electrons. The zero-order chi connectivity index (χ0) is 14.2. The molecule has 1 aromatic rings. The van der Waals surface area contributed by atoms with Crippen LogP contribution in [0, 0.1) is 11.6 Å². The standard InChI is InChI=1S/C12H13F2N3OS/c1-16-4-5-17(6-9(16)18)8-3-2-7(12(15)19)10(13)11(8)14/h2-3H,4-6H2,1H3,(H2,15,19).